The summed E-state index contributed by atoms with van der Waals surface area (Å²) in [6.45, 7) is 12.5. The third-order valence-corrected chi connectivity index (χ3v) is 5.83. The molecule has 2 unspecified atom stereocenters. The molecule has 3 rings (SSSR count). The standard InChI is InChI=1S/C23H37N5O/c1-17(2)14-21-24-22(20-10-7-8-12-28(20)21)23(29)26-15-18(3)27(19(4)16-26)13-9-11-25(5)6/h7-8,10,12,17-19H,9,11,13-16H2,1-6H3. The second kappa shape index (κ2) is 9.26. The fourth-order valence-electron chi connectivity index (χ4n) is 4.45. The van der Waals surface area contributed by atoms with Crippen LogP contribution in [0.1, 0.15) is 50.4 Å². The molecule has 0 aliphatic carbocycles. The van der Waals surface area contributed by atoms with Crippen molar-refractivity contribution in [2.24, 2.45) is 5.92 Å². The maximum atomic E-state index is 13.4. The maximum absolute atomic E-state index is 13.4. The fourth-order valence-corrected chi connectivity index (χ4v) is 4.45. The summed E-state index contributed by atoms with van der Waals surface area (Å²) in [5.41, 5.74) is 1.52. The molecule has 1 fully saturated rings. The molecule has 6 heteroatoms. The number of aromatic nitrogens is 2. The largest absolute Gasteiger partial charge is 0.334 e. The van der Waals surface area contributed by atoms with E-state index in [1.54, 1.807) is 0 Å². The van der Waals surface area contributed by atoms with Gasteiger partial charge in [0.15, 0.2) is 5.69 Å². The Morgan fingerprint density at radius 2 is 1.90 bits per heavy atom. The summed E-state index contributed by atoms with van der Waals surface area (Å²) >= 11 is 0. The molecule has 0 saturated carbocycles. The van der Waals surface area contributed by atoms with Gasteiger partial charge in [-0.25, -0.2) is 4.98 Å². The first kappa shape index (κ1) is 21.8. The van der Waals surface area contributed by atoms with Gasteiger partial charge in [0, 0.05) is 44.3 Å². The number of hydrogen-bond acceptors (Lipinski definition) is 4. The Labute approximate surface area is 175 Å². The van der Waals surface area contributed by atoms with E-state index in [4.69, 9.17) is 4.98 Å². The zero-order valence-corrected chi connectivity index (χ0v) is 18.9. The first-order valence-electron chi connectivity index (χ1n) is 10.9. The summed E-state index contributed by atoms with van der Waals surface area (Å²) in [6.07, 6.45) is 4.04. The highest BCUT2D eigenvalue weighted by atomic mass is 16.2. The first-order chi connectivity index (χ1) is 13.8. The SMILES string of the molecule is CC(C)Cc1nc(C(=O)N2CC(C)N(CCCN(C)C)C(C)C2)c2ccccn12. The Kier molecular flexibility index (Phi) is 6.96. The number of amides is 1. The van der Waals surface area contributed by atoms with E-state index in [2.05, 4.69) is 56.0 Å². The predicted molar refractivity (Wildman–Crippen MR) is 118 cm³/mol. The fraction of sp³-hybridized carbons (Fsp3) is 0.652. The minimum Gasteiger partial charge on any atom is -0.334 e. The topological polar surface area (TPSA) is 44.1 Å². The number of carbonyl (C=O) groups excluding carboxylic acids is 1. The molecular weight excluding hydrogens is 362 g/mol. The van der Waals surface area contributed by atoms with Gasteiger partial charge < -0.3 is 14.2 Å². The molecule has 1 aliphatic heterocycles. The van der Waals surface area contributed by atoms with Gasteiger partial charge in [0.2, 0.25) is 0 Å². The van der Waals surface area contributed by atoms with Crippen LogP contribution in [0.2, 0.25) is 0 Å². The molecular formula is C23H37N5O. The monoisotopic (exact) mass is 399 g/mol. The van der Waals surface area contributed by atoms with Crippen LogP contribution in [0, 0.1) is 5.92 Å². The van der Waals surface area contributed by atoms with Crippen LogP contribution in [0.5, 0.6) is 0 Å². The lowest BCUT2D eigenvalue weighted by molar-refractivity contribution is 0.0292. The molecule has 2 aromatic rings. The highest BCUT2D eigenvalue weighted by Crippen LogP contribution is 2.22. The van der Waals surface area contributed by atoms with Gasteiger partial charge >= 0.3 is 0 Å². The van der Waals surface area contributed by atoms with Crippen LogP contribution < -0.4 is 0 Å². The highest BCUT2D eigenvalue weighted by molar-refractivity contribution is 5.99. The third-order valence-electron chi connectivity index (χ3n) is 5.83. The lowest BCUT2D eigenvalue weighted by Crippen LogP contribution is -2.58. The molecule has 0 N–H and O–H groups in total. The number of hydrogen-bond donors (Lipinski definition) is 0. The number of rotatable bonds is 7. The second-order valence-corrected chi connectivity index (χ2v) is 9.23. The van der Waals surface area contributed by atoms with Crippen LogP contribution in [-0.4, -0.2) is 82.3 Å². The highest BCUT2D eigenvalue weighted by Gasteiger charge is 2.33. The lowest BCUT2D eigenvalue weighted by atomic mass is 10.1. The number of carbonyl (C=O) groups is 1. The Balaban J connectivity index is 1.76. The van der Waals surface area contributed by atoms with E-state index in [-0.39, 0.29) is 5.91 Å². The van der Waals surface area contributed by atoms with Crippen LogP contribution >= 0.6 is 0 Å². The average Bonchev–Trinajstić information content (AvgIpc) is 3.01. The molecule has 2 aromatic heterocycles. The van der Waals surface area contributed by atoms with Crippen molar-refractivity contribution in [1.82, 2.24) is 24.1 Å². The molecule has 0 bridgehead atoms. The van der Waals surface area contributed by atoms with Crippen molar-refractivity contribution in [2.45, 2.75) is 52.6 Å². The lowest BCUT2D eigenvalue weighted by Gasteiger charge is -2.44. The van der Waals surface area contributed by atoms with Gasteiger partial charge in [-0.3, -0.25) is 9.69 Å². The van der Waals surface area contributed by atoms with Crippen LogP contribution in [0.15, 0.2) is 24.4 Å². The van der Waals surface area contributed by atoms with E-state index in [9.17, 15) is 4.79 Å². The van der Waals surface area contributed by atoms with Crippen molar-refractivity contribution in [1.29, 1.82) is 0 Å². The van der Waals surface area contributed by atoms with Gasteiger partial charge in [-0.15, -0.1) is 0 Å². The summed E-state index contributed by atoms with van der Waals surface area (Å²) in [5, 5.41) is 0. The Bertz CT molecular complexity index is 816. The van der Waals surface area contributed by atoms with Crippen molar-refractivity contribution < 1.29 is 4.79 Å². The molecule has 3 heterocycles. The van der Waals surface area contributed by atoms with Gasteiger partial charge in [0.25, 0.3) is 5.91 Å². The minimum atomic E-state index is 0.0651. The molecule has 0 aromatic carbocycles. The van der Waals surface area contributed by atoms with Crippen LogP contribution in [0.25, 0.3) is 5.52 Å². The Morgan fingerprint density at radius 1 is 1.21 bits per heavy atom. The van der Waals surface area contributed by atoms with Gasteiger partial charge in [-0.2, -0.15) is 0 Å². The summed E-state index contributed by atoms with van der Waals surface area (Å²) in [4.78, 5) is 25.0. The smallest absolute Gasteiger partial charge is 0.274 e. The van der Waals surface area contributed by atoms with Crippen LogP contribution in [-0.2, 0) is 6.42 Å². The van der Waals surface area contributed by atoms with Crippen molar-refractivity contribution >= 4 is 11.4 Å². The van der Waals surface area contributed by atoms with Crippen molar-refractivity contribution in [3.8, 4) is 0 Å². The zero-order chi connectivity index (χ0) is 21.1. The molecule has 2 atom stereocenters. The molecule has 1 saturated heterocycles. The summed E-state index contributed by atoms with van der Waals surface area (Å²) < 4.78 is 2.08. The predicted octanol–water partition coefficient (Wildman–Crippen LogP) is 3.02. The first-order valence-corrected chi connectivity index (χ1v) is 10.9. The van der Waals surface area contributed by atoms with E-state index in [1.807, 2.05) is 29.3 Å². The second-order valence-electron chi connectivity index (χ2n) is 9.23. The molecule has 29 heavy (non-hydrogen) atoms. The molecule has 160 valence electrons. The van der Waals surface area contributed by atoms with Gasteiger partial charge in [0.05, 0.1) is 5.52 Å². The average molecular weight is 400 g/mol. The van der Waals surface area contributed by atoms with E-state index in [0.717, 1.165) is 50.4 Å². The molecule has 1 aliphatic rings. The van der Waals surface area contributed by atoms with E-state index in [0.29, 0.717) is 23.7 Å². The third kappa shape index (κ3) is 4.98. The van der Waals surface area contributed by atoms with Crippen molar-refractivity contribution in [2.75, 3.05) is 40.3 Å². The number of fused-ring (bicyclic) bond motifs is 1. The maximum Gasteiger partial charge on any atom is 0.274 e. The normalized spacial score (nSPS) is 20.9. The summed E-state index contributed by atoms with van der Waals surface area (Å²) in [5.74, 6) is 1.53. The van der Waals surface area contributed by atoms with Gasteiger partial charge in [-0.05, 0) is 59.0 Å². The number of piperazine rings is 1. The Hall–Kier alpha value is -1.92. The van der Waals surface area contributed by atoms with Gasteiger partial charge in [-0.1, -0.05) is 19.9 Å². The summed E-state index contributed by atoms with van der Waals surface area (Å²) in [6, 6.07) is 6.71. The number of pyridine rings is 1. The van der Waals surface area contributed by atoms with Crippen molar-refractivity contribution in [3.63, 3.8) is 0 Å². The van der Waals surface area contributed by atoms with E-state index < -0.39 is 0 Å². The molecule has 0 radical (unpaired) electrons. The molecule has 0 spiro atoms. The zero-order valence-electron chi connectivity index (χ0n) is 18.9. The molecule has 1 amide bonds. The van der Waals surface area contributed by atoms with Crippen molar-refractivity contribution in [3.05, 3.63) is 35.9 Å². The van der Waals surface area contributed by atoms with Crippen LogP contribution in [0.4, 0.5) is 0 Å². The quantitative estimate of drug-likeness (QED) is 0.718. The Morgan fingerprint density at radius 3 is 2.52 bits per heavy atom. The number of nitrogens with zero attached hydrogens (tertiary/aromatic N) is 5. The number of imidazole rings is 1. The minimum absolute atomic E-state index is 0.0651. The van der Waals surface area contributed by atoms with E-state index in [1.165, 1.54) is 0 Å². The van der Waals surface area contributed by atoms with Crippen LogP contribution in [0.3, 0.4) is 0 Å². The molecule has 6 nitrogen and oxygen atoms in total. The van der Waals surface area contributed by atoms with Gasteiger partial charge in [0.1, 0.15) is 5.82 Å². The summed E-state index contributed by atoms with van der Waals surface area (Å²) in [7, 11) is 4.23. The van der Waals surface area contributed by atoms with E-state index >= 15 is 0 Å².